The summed E-state index contributed by atoms with van der Waals surface area (Å²) >= 11 is 0. The number of nitrogens with one attached hydrogen (secondary N) is 1. The standard InChI is InChI=1S/C27H49N2O8P/c1-4-5-6-7-8-9-10-11-12-13-14-15-16-17-20-35-25-24(37-38(3,32)33)22(21-34-2)36-26(25)29-19-18-23(30)28-27(29)31/h18-19,22,24-26H,4-17,20-21H2,1-3H3,(H,32,33)(H,28,30,31). The molecule has 2 N–H and O–H groups in total. The fourth-order valence-corrected chi connectivity index (χ4v) is 5.61. The number of aromatic nitrogens is 2. The van der Waals surface area contributed by atoms with Crippen LogP contribution in [0.5, 0.6) is 0 Å². The van der Waals surface area contributed by atoms with Gasteiger partial charge in [0.15, 0.2) is 6.23 Å². The van der Waals surface area contributed by atoms with Gasteiger partial charge in [0, 0.05) is 32.6 Å². The molecule has 1 aliphatic rings. The fraction of sp³-hybridized carbons (Fsp3) is 0.852. The zero-order chi connectivity index (χ0) is 27.8. The van der Waals surface area contributed by atoms with Crippen molar-refractivity contribution in [2.24, 2.45) is 0 Å². The smallest absolute Gasteiger partial charge is 0.330 e. The van der Waals surface area contributed by atoms with Gasteiger partial charge in [0.2, 0.25) is 0 Å². The van der Waals surface area contributed by atoms with Gasteiger partial charge in [0.05, 0.1) is 6.61 Å². The topological polar surface area (TPSA) is 129 Å². The van der Waals surface area contributed by atoms with E-state index in [4.69, 9.17) is 18.7 Å². The van der Waals surface area contributed by atoms with E-state index in [9.17, 15) is 19.0 Å². The molecule has 10 nitrogen and oxygen atoms in total. The number of nitrogens with zero attached hydrogens (tertiary/aromatic N) is 1. The van der Waals surface area contributed by atoms with E-state index < -0.39 is 43.4 Å². The quantitative estimate of drug-likeness (QED) is 0.156. The summed E-state index contributed by atoms with van der Waals surface area (Å²) in [7, 11) is -2.41. The summed E-state index contributed by atoms with van der Waals surface area (Å²) < 4.78 is 36.1. The fourth-order valence-electron chi connectivity index (χ4n) is 4.90. The van der Waals surface area contributed by atoms with Crippen LogP contribution in [0.4, 0.5) is 0 Å². The minimum absolute atomic E-state index is 0.0813. The number of aromatic amines is 1. The summed E-state index contributed by atoms with van der Waals surface area (Å²) in [6.07, 6.45) is 15.4. The third kappa shape index (κ3) is 12.3. The maximum atomic E-state index is 12.4. The molecule has 0 radical (unpaired) electrons. The normalized spacial score (nSPS) is 23.1. The first-order chi connectivity index (χ1) is 18.3. The van der Waals surface area contributed by atoms with Gasteiger partial charge in [0.1, 0.15) is 18.3 Å². The average molecular weight is 561 g/mol. The lowest BCUT2D eigenvalue weighted by atomic mass is 10.0. The van der Waals surface area contributed by atoms with E-state index in [1.807, 2.05) is 0 Å². The van der Waals surface area contributed by atoms with E-state index in [0.29, 0.717) is 6.61 Å². The first-order valence-corrected chi connectivity index (χ1v) is 16.4. The van der Waals surface area contributed by atoms with Gasteiger partial charge in [-0.05, 0) is 6.42 Å². The monoisotopic (exact) mass is 560 g/mol. The van der Waals surface area contributed by atoms with Gasteiger partial charge in [-0.3, -0.25) is 23.4 Å². The second-order valence-corrected chi connectivity index (χ2v) is 12.2. The Morgan fingerprint density at radius 3 is 2.00 bits per heavy atom. The Hall–Kier alpha value is -1.29. The van der Waals surface area contributed by atoms with Crippen molar-refractivity contribution in [3.8, 4) is 0 Å². The number of rotatable bonds is 21. The third-order valence-electron chi connectivity index (χ3n) is 6.87. The Morgan fingerprint density at radius 1 is 0.947 bits per heavy atom. The highest BCUT2D eigenvalue weighted by molar-refractivity contribution is 7.51. The molecule has 11 heteroatoms. The highest BCUT2D eigenvalue weighted by Gasteiger charge is 2.49. The van der Waals surface area contributed by atoms with Crippen LogP contribution in [-0.2, 0) is 23.3 Å². The molecular formula is C27H49N2O8P. The first-order valence-electron chi connectivity index (χ1n) is 14.3. The zero-order valence-electron chi connectivity index (χ0n) is 23.5. The first kappa shape index (κ1) is 32.9. The Bertz CT molecular complexity index is 930. The molecule has 0 amide bonds. The molecule has 2 heterocycles. The number of H-pyrrole nitrogens is 1. The number of ether oxygens (including phenoxy) is 3. The van der Waals surface area contributed by atoms with E-state index in [2.05, 4.69) is 11.9 Å². The molecule has 0 aliphatic carbocycles. The molecule has 0 spiro atoms. The molecule has 0 bridgehead atoms. The van der Waals surface area contributed by atoms with Gasteiger partial charge in [0.25, 0.3) is 5.56 Å². The predicted molar refractivity (Wildman–Crippen MR) is 148 cm³/mol. The molecule has 38 heavy (non-hydrogen) atoms. The summed E-state index contributed by atoms with van der Waals surface area (Å²) in [5, 5.41) is 0. The second-order valence-electron chi connectivity index (χ2n) is 10.3. The number of methoxy groups -OCH3 is 1. The van der Waals surface area contributed by atoms with Crippen LogP contribution in [0.1, 0.15) is 103 Å². The van der Waals surface area contributed by atoms with Crippen molar-refractivity contribution in [1.29, 1.82) is 0 Å². The molecule has 1 saturated heterocycles. The molecule has 1 aromatic heterocycles. The number of hydrogen-bond donors (Lipinski definition) is 2. The largest absolute Gasteiger partial charge is 0.382 e. The van der Waals surface area contributed by atoms with Crippen LogP contribution in [0.25, 0.3) is 0 Å². The van der Waals surface area contributed by atoms with Crippen molar-refractivity contribution in [2.75, 3.05) is 27.0 Å². The Morgan fingerprint density at radius 2 is 1.50 bits per heavy atom. The third-order valence-corrected chi connectivity index (χ3v) is 7.50. The van der Waals surface area contributed by atoms with Crippen LogP contribution in [-0.4, -0.2) is 59.7 Å². The van der Waals surface area contributed by atoms with Gasteiger partial charge in [-0.25, -0.2) is 4.79 Å². The highest BCUT2D eigenvalue weighted by atomic mass is 31.2. The minimum Gasteiger partial charge on any atom is -0.382 e. The van der Waals surface area contributed by atoms with Gasteiger partial charge in [-0.15, -0.1) is 0 Å². The van der Waals surface area contributed by atoms with Crippen molar-refractivity contribution >= 4 is 7.60 Å². The molecule has 1 fully saturated rings. The van der Waals surface area contributed by atoms with Crippen molar-refractivity contribution in [3.63, 3.8) is 0 Å². The zero-order valence-corrected chi connectivity index (χ0v) is 24.4. The Labute approximate surface area is 227 Å². The predicted octanol–water partition coefficient (Wildman–Crippen LogP) is 5.15. The second kappa shape index (κ2) is 18.1. The molecule has 0 saturated carbocycles. The lowest BCUT2D eigenvalue weighted by Gasteiger charge is -2.26. The van der Waals surface area contributed by atoms with Crippen molar-refractivity contribution in [2.45, 2.75) is 121 Å². The molecule has 0 aromatic carbocycles. The van der Waals surface area contributed by atoms with Crippen LogP contribution >= 0.6 is 7.60 Å². The highest BCUT2D eigenvalue weighted by Crippen LogP contribution is 2.45. The number of unbranched alkanes of at least 4 members (excludes halogenated alkanes) is 13. The van der Waals surface area contributed by atoms with Crippen molar-refractivity contribution in [3.05, 3.63) is 33.1 Å². The average Bonchev–Trinajstić information content (AvgIpc) is 3.17. The molecule has 1 aliphatic heterocycles. The molecular weight excluding hydrogens is 511 g/mol. The van der Waals surface area contributed by atoms with Crippen LogP contribution in [0.3, 0.4) is 0 Å². The van der Waals surface area contributed by atoms with Gasteiger partial charge in [-0.2, -0.15) is 0 Å². The molecule has 1 aromatic rings. The van der Waals surface area contributed by atoms with Crippen LogP contribution < -0.4 is 11.2 Å². The molecule has 5 atom stereocenters. The van der Waals surface area contributed by atoms with Crippen LogP contribution in [0.2, 0.25) is 0 Å². The maximum Gasteiger partial charge on any atom is 0.330 e. The lowest BCUT2D eigenvalue weighted by molar-refractivity contribution is -0.0768. The van der Waals surface area contributed by atoms with E-state index in [1.54, 1.807) is 0 Å². The van der Waals surface area contributed by atoms with Gasteiger partial charge in [-0.1, -0.05) is 90.4 Å². The maximum absolute atomic E-state index is 12.4. The Balaban J connectivity index is 1.78. The lowest BCUT2D eigenvalue weighted by Crippen LogP contribution is -2.40. The van der Waals surface area contributed by atoms with E-state index in [-0.39, 0.29) is 6.61 Å². The van der Waals surface area contributed by atoms with Gasteiger partial charge < -0.3 is 19.1 Å². The summed E-state index contributed by atoms with van der Waals surface area (Å²) in [5.41, 5.74) is -1.19. The van der Waals surface area contributed by atoms with Crippen LogP contribution in [0.15, 0.2) is 21.9 Å². The summed E-state index contributed by atoms with van der Waals surface area (Å²) in [6, 6.07) is 1.21. The molecule has 5 unspecified atom stereocenters. The molecule has 220 valence electrons. The van der Waals surface area contributed by atoms with Crippen molar-refractivity contribution < 1.29 is 28.2 Å². The van der Waals surface area contributed by atoms with Gasteiger partial charge >= 0.3 is 13.3 Å². The summed E-state index contributed by atoms with van der Waals surface area (Å²) in [4.78, 5) is 36.1. The minimum atomic E-state index is -3.89. The SMILES string of the molecule is CCCCCCCCCCCCCCCCOC1C(OP(C)(=O)O)C(COC)OC1n1ccc(=O)[nH]c1=O. The van der Waals surface area contributed by atoms with E-state index in [1.165, 1.54) is 94.6 Å². The summed E-state index contributed by atoms with van der Waals surface area (Å²) in [6.45, 7) is 3.82. The van der Waals surface area contributed by atoms with E-state index in [0.717, 1.165) is 25.9 Å². The van der Waals surface area contributed by atoms with Crippen LogP contribution in [0, 0.1) is 0 Å². The Kier molecular flexibility index (Phi) is 15.7. The number of hydrogen-bond acceptors (Lipinski definition) is 7. The molecule has 2 rings (SSSR count). The van der Waals surface area contributed by atoms with E-state index >= 15 is 0 Å². The summed E-state index contributed by atoms with van der Waals surface area (Å²) in [5.74, 6) is 0. The van der Waals surface area contributed by atoms with Crippen molar-refractivity contribution in [1.82, 2.24) is 9.55 Å².